The standard InChI is InChI=1S/C19H28N3/c1-5-9-16-12-13-22(14-15-10-7-6-8-11-15)18(20)17(16)21-19(2,3)4/h6-8,10-12,20-21H,5,9,13-14H2,1-4H3. The largest absolute Gasteiger partial charge is 0.377 e. The number of nitrogens with one attached hydrogen (secondary N) is 2. The molecule has 0 aromatic heterocycles. The Hall–Kier alpha value is -1.90. The van der Waals surface area contributed by atoms with Crippen molar-refractivity contribution in [3.8, 4) is 0 Å². The van der Waals surface area contributed by atoms with Crippen molar-refractivity contribution in [2.45, 2.75) is 52.6 Å². The van der Waals surface area contributed by atoms with Gasteiger partial charge in [-0.1, -0.05) is 49.8 Å². The SMILES string of the molecule is CCCC1=CCN(Cc2ccccc2)C([NH])=C1NC(C)(C)C. The van der Waals surface area contributed by atoms with E-state index in [1.165, 1.54) is 11.1 Å². The minimum absolute atomic E-state index is 0.0375. The Labute approximate surface area is 134 Å². The van der Waals surface area contributed by atoms with Gasteiger partial charge in [0, 0.05) is 18.6 Å². The molecule has 0 unspecified atom stereocenters. The number of nitrogens with zero attached hydrogens (tertiary/aromatic N) is 1. The molecule has 0 amide bonds. The third-order valence-corrected chi connectivity index (χ3v) is 3.67. The van der Waals surface area contributed by atoms with Crippen LogP contribution in [0, 0.1) is 0 Å². The lowest BCUT2D eigenvalue weighted by Crippen LogP contribution is -2.40. The van der Waals surface area contributed by atoms with Crippen LogP contribution in [-0.2, 0) is 6.54 Å². The molecule has 1 radical (unpaired) electrons. The van der Waals surface area contributed by atoms with Crippen LogP contribution in [0.2, 0.25) is 0 Å². The molecule has 0 saturated carbocycles. The molecule has 22 heavy (non-hydrogen) atoms. The van der Waals surface area contributed by atoms with E-state index in [9.17, 15) is 0 Å². The van der Waals surface area contributed by atoms with Gasteiger partial charge in [0.25, 0.3) is 0 Å². The monoisotopic (exact) mass is 298 g/mol. The van der Waals surface area contributed by atoms with Crippen LogP contribution in [0.25, 0.3) is 0 Å². The van der Waals surface area contributed by atoms with Crippen LogP contribution >= 0.6 is 0 Å². The first-order valence-electron chi connectivity index (χ1n) is 8.13. The summed E-state index contributed by atoms with van der Waals surface area (Å²) in [5, 5.41) is 3.54. The highest BCUT2D eigenvalue weighted by atomic mass is 15.2. The van der Waals surface area contributed by atoms with Gasteiger partial charge >= 0.3 is 0 Å². The summed E-state index contributed by atoms with van der Waals surface area (Å²) in [6.45, 7) is 10.2. The molecule has 0 bridgehead atoms. The number of rotatable bonds is 5. The molecular formula is C19H28N3. The van der Waals surface area contributed by atoms with Crippen molar-refractivity contribution in [2.24, 2.45) is 0 Å². The summed E-state index contributed by atoms with van der Waals surface area (Å²) in [7, 11) is 0. The van der Waals surface area contributed by atoms with Crippen molar-refractivity contribution in [3.05, 3.63) is 59.1 Å². The molecule has 0 atom stereocenters. The highest BCUT2D eigenvalue weighted by molar-refractivity contribution is 5.37. The van der Waals surface area contributed by atoms with Gasteiger partial charge in [-0.2, -0.15) is 0 Å². The van der Waals surface area contributed by atoms with E-state index in [2.05, 4.69) is 68.3 Å². The van der Waals surface area contributed by atoms with Gasteiger partial charge in [-0.05, 0) is 38.3 Å². The van der Waals surface area contributed by atoms with Gasteiger partial charge in [-0.25, -0.2) is 0 Å². The number of benzene rings is 1. The topological polar surface area (TPSA) is 39.1 Å². The summed E-state index contributed by atoms with van der Waals surface area (Å²) < 4.78 is 0. The van der Waals surface area contributed by atoms with Crippen LogP contribution < -0.4 is 11.1 Å². The molecule has 0 aliphatic carbocycles. The molecule has 2 rings (SSSR count). The van der Waals surface area contributed by atoms with Crippen LogP contribution in [0.1, 0.15) is 46.1 Å². The minimum atomic E-state index is -0.0375. The van der Waals surface area contributed by atoms with Crippen molar-refractivity contribution in [1.29, 1.82) is 0 Å². The van der Waals surface area contributed by atoms with E-state index in [-0.39, 0.29) is 5.54 Å². The fourth-order valence-electron chi connectivity index (χ4n) is 2.68. The second-order valence-electron chi connectivity index (χ2n) is 6.94. The van der Waals surface area contributed by atoms with E-state index < -0.39 is 0 Å². The van der Waals surface area contributed by atoms with Gasteiger partial charge < -0.3 is 10.2 Å². The first-order valence-corrected chi connectivity index (χ1v) is 8.13. The predicted molar refractivity (Wildman–Crippen MR) is 92.9 cm³/mol. The molecule has 0 fully saturated rings. The molecule has 3 heteroatoms. The Morgan fingerprint density at radius 3 is 2.45 bits per heavy atom. The first-order chi connectivity index (χ1) is 10.4. The summed E-state index contributed by atoms with van der Waals surface area (Å²) in [4.78, 5) is 2.13. The Kier molecular flexibility index (Phi) is 5.17. The molecule has 1 aliphatic rings. The summed E-state index contributed by atoms with van der Waals surface area (Å²) in [6, 6.07) is 10.4. The van der Waals surface area contributed by atoms with Crippen molar-refractivity contribution in [1.82, 2.24) is 16.0 Å². The van der Waals surface area contributed by atoms with Crippen molar-refractivity contribution in [2.75, 3.05) is 6.54 Å². The molecule has 0 spiro atoms. The number of hydrogen-bond donors (Lipinski definition) is 1. The fourth-order valence-corrected chi connectivity index (χ4v) is 2.68. The van der Waals surface area contributed by atoms with Crippen LogP contribution in [-0.4, -0.2) is 17.0 Å². The molecule has 0 saturated heterocycles. The van der Waals surface area contributed by atoms with Gasteiger partial charge in [-0.3, -0.25) is 5.73 Å². The fraction of sp³-hybridized carbons (Fsp3) is 0.474. The van der Waals surface area contributed by atoms with Crippen LogP contribution in [0.15, 0.2) is 53.5 Å². The molecule has 1 aliphatic heterocycles. The van der Waals surface area contributed by atoms with Crippen LogP contribution in [0.5, 0.6) is 0 Å². The average Bonchev–Trinajstić information content (AvgIpc) is 2.46. The molecule has 1 aromatic rings. The zero-order valence-corrected chi connectivity index (χ0v) is 14.2. The van der Waals surface area contributed by atoms with E-state index in [0.717, 1.165) is 31.6 Å². The van der Waals surface area contributed by atoms with E-state index in [4.69, 9.17) is 5.73 Å². The second-order valence-corrected chi connectivity index (χ2v) is 6.94. The summed E-state index contributed by atoms with van der Waals surface area (Å²) in [5.74, 6) is 0.615. The smallest absolute Gasteiger partial charge is 0.145 e. The molecule has 1 aromatic carbocycles. The molecule has 2 N–H and O–H groups in total. The van der Waals surface area contributed by atoms with Crippen LogP contribution in [0.3, 0.4) is 0 Å². The van der Waals surface area contributed by atoms with Gasteiger partial charge in [0.15, 0.2) is 0 Å². The Morgan fingerprint density at radius 2 is 1.86 bits per heavy atom. The lowest BCUT2D eigenvalue weighted by Gasteiger charge is -2.34. The quantitative estimate of drug-likeness (QED) is 0.890. The third kappa shape index (κ3) is 4.30. The lowest BCUT2D eigenvalue weighted by atomic mass is 9.99. The Morgan fingerprint density at radius 1 is 1.18 bits per heavy atom. The average molecular weight is 298 g/mol. The summed E-state index contributed by atoms with van der Waals surface area (Å²) in [6.07, 6.45) is 4.41. The molecule has 119 valence electrons. The van der Waals surface area contributed by atoms with Crippen molar-refractivity contribution < 1.29 is 0 Å². The van der Waals surface area contributed by atoms with E-state index >= 15 is 0 Å². The summed E-state index contributed by atoms with van der Waals surface area (Å²) >= 11 is 0. The highest BCUT2D eigenvalue weighted by Crippen LogP contribution is 2.26. The van der Waals surface area contributed by atoms with Crippen molar-refractivity contribution in [3.63, 3.8) is 0 Å². The van der Waals surface area contributed by atoms with E-state index in [1.807, 2.05) is 6.07 Å². The van der Waals surface area contributed by atoms with Crippen molar-refractivity contribution >= 4 is 0 Å². The first kappa shape index (κ1) is 16.5. The predicted octanol–water partition coefficient (Wildman–Crippen LogP) is 4.07. The highest BCUT2D eigenvalue weighted by Gasteiger charge is 2.23. The number of hydrogen-bond acceptors (Lipinski definition) is 2. The molecule has 1 heterocycles. The maximum absolute atomic E-state index is 8.63. The van der Waals surface area contributed by atoms with E-state index in [0.29, 0.717) is 5.82 Å². The normalized spacial score (nSPS) is 15.8. The maximum atomic E-state index is 8.63. The zero-order valence-electron chi connectivity index (χ0n) is 14.2. The van der Waals surface area contributed by atoms with Gasteiger partial charge in [0.2, 0.25) is 0 Å². The zero-order chi connectivity index (χ0) is 16.2. The van der Waals surface area contributed by atoms with Crippen LogP contribution in [0.4, 0.5) is 0 Å². The summed E-state index contributed by atoms with van der Waals surface area (Å²) in [5.41, 5.74) is 12.1. The second kappa shape index (κ2) is 6.91. The maximum Gasteiger partial charge on any atom is 0.145 e. The third-order valence-electron chi connectivity index (χ3n) is 3.67. The molecule has 3 nitrogen and oxygen atoms in total. The van der Waals surface area contributed by atoms with Gasteiger partial charge in [0.05, 0.1) is 5.70 Å². The molecular weight excluding hydrogens is 270 g/mol. The van der Waals surface area contributed by atoms with Gasteiger partial charge in [-0.15, -0.1) is 0 Å². The van der Waals surface area contributed by atoms with Gasteiger partial charge in [0.1, 0.15) is 5.82 Å². The van der Waals surface area contributed by atoms with E-state index in [1.54, 1.807) is 0 Å². The lowest BCUT2D eigenvalue weighted by molar-refractivity contribution is 0.341. The number of allylic oxidation sites excluding steroid dienone is 1. The Bertz CT molecular complexity index is 550. The minimum Gasteiger partial charge on any atom is -0.377 e. The Balaban J connectivity index is 2.24.